The highest BCUT2D eigenvalue weighted by atomic mass is 32.1. The number of anilines is 1. The van der Waals surface area contributed by atoms with Crippen molar-refractivity contribution in [2.45, 2.75) is 12.3 Å². The van der Waals surface area contributed by atoms with Gasteiger partial charge in [-0.15, -0.1) is 0 Å². The van der Waals surface area contributed by atoms with Gasteiger partial charge in [-0.1, -0.05) is 18.2 Å². The van der Waals surface area contributed by atoms with Gasteiger partial charge in [-0.2, -0.15) is 4.37 Å². The minimum Gasteiger partial charge on any atom is -0.493 e. The molecule has 1 unspecified atom stereocenters. The molecule has 2 heterocycles. The maximum absolute atomic E-state index is 5.74. The maximum atomic E-state index is 5.74. The zero-order chi connectivity index (χ0) is 11.7. The van der Waals surface area contributed by atoms with E-state index in [2.05, 4.69) is 20.7 Å². The quantitative estimate of drug-likeness (QED) is 0.884. The average Bonchev–Trinajstić information content (AvgIpc) is 2.87. The van der Waals surface area contributed by atoms with Crippen LogP contribution in [0.2, 0.25) is 0 Å². The Morgan fingerprint density at radius 3 is 3.12 bits per heavy atom. The van der Waals surface area contributed by atoms with Crippen LogP contribution in [0.25, 0.3) is 0 Å². The number of ether oxygens (including phenoxy) is 1. The fraction of sp³-hybridized carbons (Fsp3) is 0.333. The Kier molecular flexibility index (Phi) is 2.68. The van der Waals surface area contributed by atoms with Gasteiger partial charge < -0.3 is 10.1 Å². The lowest BCUT2D eigenvalue weighted by Crippen LogP contribution is -2.20. The Morgan fingerprint density at radius 2 is 2.29 bits per heavy atom. The van der Waals surface area contributed by atoms with Crippen LogP contribution in [0.5, 0.6) is 5.75 Å². The predicted octanol–water partition coefficient (Wildman–Crippen LogP) is 2.30. The molecule has 0 bridgehead atoms. The Bertz CT molecular complexity index is 526. The summed E-state index contributed by atoms with van der Waals surface area (Å²) in [5.74, 6) is 2.14. The Labute approximate surface area is 104 Å². The molecule has 0 fully saturated rings. The Hall–Kier alpha value is -1.62. The molecule has 1 atom stereocenters. The molecule has 17 heavy (non-hydrogen) atoms. The van der Waals surface area contributed by atoms with Crippen molar-refractivity contribution >= 4 is 16.7 Å². The number of fused-ring (bicyclic) bond motifs is 1. The van der Waals surface area contributed by atoms with E-state index in [1.54, 1.807) is 0 Å². The van der Waals surface area contributed by atoms with Crippen LogP contribution in [0.3, 0.4) is 0 Å². The third-order valence-electron chi connectivity index (χ3n) is 2.90. The van der Waals surface area contributed by atoms with Gasteiger partial charge in [0.25, 0.3) is 0 Å². The zero-order valence-corrected chi connectivity index (χ0v) is 10.3. The Balaban J connectivity index is 1.84. The van der Waals surface area contributed by atoms with E-state index in [4.69, 9.17) is 4.74 Å². The lowest BCUT2D eigenvalue weighted by atomic mass is 9.96. The van der Waals surface area contributed by atoms with Crippen molar-refractivity contribution in [3.8, 4) is 5.75 Å². The molecule has 4 nitrogen and oxygen atoms in total. The van der Waals surface area contributed by atoms with Crippen LogP contribution in [-0.2, 0) is 6.42 Å². The minimum atomic E-state index is 0.267. The van der Waals surface area contributed by atoms with Crippen molar-refractivity contribution in [2.75, 3.05) is 19.0 Å². The van der Waals surface area contributed by atoms with Gasteiger partial charge in [0.15, 0.2) is 5.82 Å². The standard InChI is InChI=1S/C12H13N3OS/c1-13-12-14-11(15-17-12)9-6-8-4-2-3-5-10(8)16-7-9/h2-5,9H,6-7H2,1H3,(H,13,14,15). The number of benzene rings is 1. The molecule has 2 aromatic rings. The molecule has 0 amide bonds. The molecule has 3 rings (SSSR count). The topological polar surface area (TPSA) is 47.0 Å². The second-order valence-corrected chi connectivity index (χ2v) is 4.78. The number of para-hydroxylation sites is 1. The van der Waals surface area contributed by atoms with Crippen molar-refractivity contribution in [1.29, 1.82) is 0 Å². The second kappa shape index (κ2) is 4.33. The molecule has 0 spiro atoms. The van der Waals surface area contributed by atoms with Crippen LogP contribution in [-0.4, -0.2) is 23.0 Å². The first kappa shape index (κ1) is 10.5. The zero-order valence-electron chi connectivity index (χ0n) is 9.51. The van der Waals surface area contributed by atoms with E-state index >= 15 is 0 Å². The van der Waals surface area contributed by atoms with Crippen molar-refractivity contribution in [3.05, 3.63) is 35.7 Å². The highest BCUT2D eigenvalue weighted by molar-refractivity contribution is 7.09. The number of nitrogens with one attached hydrogen (secondary N) is 1. The van der Waals surface area contributed by atoms with Gasteiger partial charge in [-0.25, -0.2) is 4.98 Å². The van der Waals surface area contributed by atoms with Gasteiger partial charge >= 0.3 is 0 Å². The first-order chi connectivity index (χ1) is 8.36. The molecule has 1 aromatic carbocycles. The molecule has 0 saturated heterocycles. The molecule has 1 aliphatic heterocycles. The first-order valence-electron chi connectivity index (χ1n) is 5.59. The third-order valence-corrected chi connectivity index (χ3v) is 3.65. The van der Waals surface area contributed by atoms with Gasteiger partial charge in [0.1, 0.15) is 5.75 Å². The molecular formula is C12H13N3OS. The summed E-state index contributed by atoms with van der Waals surface area (Å²) in [6.45, 7) is 0.664. The molecule has 88 valence electrons. The summed E-state index contributed by atoms with van der Waals surface area (Å²) in [4.78, 5) is 4.44. The fourth-order valence-corrected chi connectivity index (χ4v) is 2.59. The average molecular weight is 247 g/mol. The SMILES string of the molecule is CNc1nc(C2COc3ccccc3C2)ns1. The van der Waals surface area contributed by atoms with E-state index in [-0.39, 0.29) is 5.92 Å². The van der Waals surface area contributed by atoms with E-state index in [1.807, 2.05) is 25.2 Å². The summed E-state index contributed by atoms with van der Waals surface area (Å²) in [7, 11) is 1.86. The molecule has 1 aromatic heterocycles. The molecule has 1 N–H and O–H groups in total. The van der Waals surface area contributed by atoms with Crippen molar-refractivity contribution < 1.29 is 4.74 Å². The Morgan fingerprint density at radius 1 is 1.41 bits per heavy atom. The highest BCUT2D eigenvalue weighted by Crippen LogP contribution is 2.31. The third kappa shape index (κ3) is 1.98. The summed E-state index contributed by atoms with van der Waals surface area (Å²) >= 11 is 1.40. The smallest absolute Gasteiger partial charge is 0.202 e. The second-order valence-electron chi connectivity index (χ2n) is 4.03. The monoisotopic (exact) mass is 247 g/mol. The predicted molar refractivity (Wildman–Crippen MR) is 67.8 cm³/mol. The summed E-state index contributed by atoms with van der Waals surface area (Å²) < 4.78 is 10.1. The number of rotatable bonds is 2. The number of hydrogen-bond acceptors (Lipinski definition) is 5. The van der Waals surface area contributed by atoms with E-state index < -0.39 is 0 Å². The van der Waals surface area contributed by atoms with Crippen LogP contribution in [0.1, 0.15) is 17.3 Å². The van der Waals surface area contributed by atoms with Crippen LogP contribution in [0.15, 0.2) is 24.3 Å². The fourth-order valence-electron chi connectivity index (χ4n) is 2.00. The molecule has 5 heteroatoms. The number of aromatic nitrogens is 2. The highest BCUT2D eigenvalue weighted by Gasteiger charge is 2.24. The van der Waals surface area contributed by atoms with Crippen LogP contribution < -0.4 is 10.1 Å². The lowest BCUT2D eigenvalue weighted by Gasteiger charge is -2.23. The first-order valence-corrected chi connectivity index (χ1v) is 6.36. The van der Waals surface area contributed by atoms with Crippen LogP contribution in [0, 0.1) is 0 Å². The van der Waals surface area contributed by atoms with E-state index in [0.717, 1.165) is 23.1 Å². The van der Waals surface area contributed by atoms with Crippen LogP contribution in [0.4, 0.5) is 5.13 Å². The van der Waals surface area contributed by atoms with Crippen molar-refractivity contribution in [1.82, 2.24) is 9.36 Å². The van der Waals surface area contributed by atoms with Crippen molar-refractivity contribution in [2.24, 2.45) is 0 Å². The normalized spacial score (nSPS) is 18.3. The van der Waals surface area contributed by atoms with Gasteiger partial charge in [0.2, 0.25) is 5.13 Å². The van der Waals surface area contributed by atoms with Crippen molar-refractivity contribution in [3.63, 3.8) is 0 Å². The summed E-state index contributed by atoms with van der Waals surface area (Å²) in [5, 5.41) is 3.87. The van der Waals surface area contributed by atoms with Crippen LogP contribution >= 0.6 is 11.5 Å². The molecular weight excluding hydrogens is 234 g/mol. The van der Waals surface area contributed by atoms with E-state index in [0.29, 0.717) is 6.61 Å². The van der Waals surface area contributed by atoms with Gasteiger partial charge in [0.05, 0.1) is 12.5 Å². The molecule has 0 aliphatic carbocycles. The van der Waals surface area contributed by atoms with E-state index in [9.17, 15) is 0 Å². The summed E-state index contributed by atoms with van der Waals surface area (Å²) in [6.07, 6.45) is 0.954. The largest absolute Gasteiger partial charge is 0.493 e. The molecule has 0 saturated carbocycles. The van der Waals surface area contributed by atoms with Gasteiger partial charge in [0, 0.05) is 18.6 Å². The van der Waals surface area contributed by atoms with Gasteiger partial charge in [-0.3, -0.25) is 0 Å². The summed E-state index contributed by atoms with van der Waals surface area (Å²) in [5.41, 5.74) is 1.24. The maximum Gasteiger partial charge on any atom is 0.202 e. The molecule has 0 radical (unpaired) electrons. The lowest BCUT2D eigenvalue weighted by molar-refractivity contribution is 0.258. The number of nitrogens with zero attached hydrogens (tertiary/aromatic N) is 2. The minimum absolute atomic E-state index is 0.267. The van der Waals surface area contributed by atoms with Gasteiger partial charge in [-0.05, 0) is 18.1 Å². The molecule has 1 aliphatic rings. The summed E-state index contributed by atoms with van der Waals surface area (Å²) in [6, 6.07) is 8.16. The van der Waals surface area contributed by atoms with E-state index in [1.165, 1.54) is 17.1 Å². The number of hydrogen-bond donors (Lipinski definition) is 1.